The largest absolute Gasteiger partial charge is 0.512 e. The number of ether oxygens (including phenoxy) is 1. The molecule has 1 N–H and O–H groups in total. The highest BCUT2D eigenvalue weighted by atomic mass is 19.1. The zero-order valence-corrected chi connectivity index (χ0v) is 22.9. The maximum Gasteiger partial charge on any atom is 0.338 e. The Hall–Kier alpha value is -3.80. The first-order valence-electron chi connectivity index (χ1n) is 13.5. The number of esters is 1. The van der Waals surface area contributed by atoms with E-state index in [-0.39, 0.29) is 30.1 Å². The van der Waals surface area contributed by atoms with Gasteiger partial charge < -0.3 is 14.7 Å². The molecule has 0 amide bonds. The molecule has 9 heteroatoms. The summed E-state index contributed by atoms with van der Waals surface area (Å²) in [4.78, 5) is 25.8. The molecule has 1 fully saturated rings. The third-order valence-corrected chi connectivity index (χ3v) is 8.26. The van der Waals surface area contributed by atoms with Crippen molar-refractivity contribution < 1.29 is 19.0 Å². The van der Waals surface area contributed by atoms with Crippen LogP contribution < -0.4 is 0 Å². The van der Waals surface area contributed by atoms with Crippen molar-refractivity contribution in [1.82, 2.24) is 19.6 Å². The summed E-state index contributed by atoms with van der Waals surface area (Å²) in [6, 6.07) is 6.89. The van der Waals surface area contributed by atoms with Gasteiger partial charge in [-0.1, -0.05) is 18.9 Å². The molecule has 204 valence electrons. The first-order valence-corrected chi connectivity index (χ1v) is 13.5. The van der Waals surface area contributed by atoms with E-state index in [0.29, 0.717) is 30.0 Å². The second-order valence-electron chi connectivity index (χ2n) is 11.5. The number of rotatable bonds is 7. The second-order valence-corrected chi connectivity index (χ2v) is 11.5. The summed E-state index contributed by atoms with van der Waals surface area (Å²) in [7, 11) is 0. The molecule has 1 aromatic carbocycles. The summed E-state index contributed by atoms with van der Waals surface area (Å²) in [5.74, 6) is 0.0161. The van der Waals surface area contributed by atoms with Crippen LogP contribution in [0.1, 0.15) is 80.7 Å². The minimum absolute atomic E-state index is 0.0122. The maximum atomic E-state index is 14.9. The molecule has 0 saturated heterocycles. The summed E-state index contributed by atoms with van der Waals surface area (Å²) >= 11 is 0. The first kappa shape index (κ1) is 26.8. The number of cyclic esters (lactones) is 1. The average molecular weight is 532 g/mol. The van der Waals surface area contributed by atoms with Gasteiger partial charge in [0.25, 0.3) is 11.3 Å². The van der Waals surface area contributed by atoms with Gasteiger partial charge in [-0.2, -0.15) is 4.98 Å². The third kappa shape index (κ3) is 5.12. The van der Waals surface area contributed by atoms with Crippen LogP contribution in [0.25, 0.3) is 10.6 Å². The van der Waals surface area contributed by atoms with Gasteiger partial charge in [-0.25, -0.2) is 25.3 Å². The summed E-state index contributed by atoms with van der Waals surface area (Å²) < 4.78 is 22.7. The topological polar surface area (TPSA) is 94.0 Å². The van der Waals surface area contributed by atoms with Crippen molar-refractivity contribution in [3.63, 3.8) is 0 Å². The molecule has 8 nitrogen and oxygen atoms in total. The number of aryl methyl sites for hydroxylation is 3. The van der Waals surface area contributed by atoms with Crippen LogP contribution in [0.5, 0.6) is 0 Å². The standard InChI is InChI=1S/C30H34FN5O3/c1-18-14-19(2)36-28(33-18)34-26(35-36)16-22-25(37)17-30(39-27(22)38,21-8-6-7-9-21)13-12-20-10-11-23(24(31)15-20)29(3,4)32-5/h10-11,14-15,21,37H,6-9,12-13,16-17H2,1-4H3. The van der Waals surface area contributed by atoms with Crippen LogP contribution in [0.15, 0.2) is 35.6 Å². The SMILES string of the molecule is [C-]#[N+]C(C)(C)c1ccc(CCC2(C3CCCC3)CC(O)=C(Cc3nc4nc(C)cc(C)n4n3)C(=O)O2)cc1F. The van der Waals surface area contributed by atoms with E-state index in [9.17, 15) is 14.3 Å². The van der Waals surface area contributed by atoms with Crippen LogP contribution in [0.2, 0.25) is 0 Å². The molecule has 1 aliphatic heterocycles. The van der Waals surface area contributed by atoms with Crippen molar-refractivity contribution >= 4 is 11.7 Å². The van der Waals surface area contributed by atoms with Crippen molar-refractivity contribution in [2.75, 3.05) is 0 Å². The predicted molar refractivity (Wildman–Crippen MR) is 143 cm³/mol. The Kier molecular flexibility index (Phi) is 6.91. The number of carbonyl (C=O) groups is 1. The number of halogens is 1. The molecule has 0 radical (unpaired) electrons. The fourth-order valence-corrected chi connectivity index (χ4v) is 6.05. The molecule has 0 spiro atoms. The Morgan fingerprint density at radius 3 is 2.64 bits per heavy atom. The van der Waals surface area contributed by atoms with Gasteiger partial charge in [-0.15, -0.1) is 5.10 Å². The lowest BCUT2D eigenvalue weighted by molar-refractivity contribution is -0.167. The number of aliphatic hydroxyl groups is 1. The molecule has 2 aliphatic rings. The molecular formula is C30H34FN5O3. The van der Waals surface area contributed by atoms with Crippen molar-refractivity contribution in [2.24, 2.45) is 5.92 Å². The van der Waals surface area contributed by atoms with Gasteiger partial charge in [0.15, 0.2) is 5.82 Å². The molecule has 1 aliphatic carbocycles. The Bertz CT molecular complexity index is 1510. The van der Waals surface area contributed by atoms with Crippen LogP contribution in [-0.4, -0.2) is 36.3 Å². The number of carbonyl (C=O) groups excluding carboxylic acids is 1. The maximum absolute atomic E-state index is 14.9. The lowest BCUT2D eigenvalue weighted by atomic mass is 9.76. The fourth-order valence-electron chi connectivity index (χ4n) is 6.05. The van der Waals surface area contributed by atoms with E-state index in [4.69, 9.17) is 11.3 Å². The van der Waals surface area contributed by atoms with E-state index in [1.807, 2.05) is 26.0 Å². The van der Waals surface area contributed by atoms with E-state index >= 15 is 0 Å². The van der Waals surface area contributed by atoms with Gasteiger partial charge in [0.2, 0.25) is 0 Å². The lowest BCUT2D eigenvalue weighted by Crippen LogP contribution is -2.46. The second kappa shape index (κ2) is 10.1. The quantitative estimate of drug-likeness (QED) is 0.301. The number of aromatic nitrogens is 4. The van der Waals surface area contributed by atoms with Crippen molar-refractivity contribution in [3.05, 3.63) is 81.2 Å². The number of hydrogen-bond donors (Lipinski definition) is 1. The molecule has 3 heterocycles. The number of hydrogen-bond acceptors (Lipinski definition) is 6. The van der Waals surface area contributed by atoms with Gasteiger partial charge in [0.05, 0.1) is 11.1 Å². The molecule has 1 saturated carbocycles. The zero-order chi connectivity index (χ0) is 27.9. The molecule has 0 bridgehead atoms. The van der Waals surface area contributed by atoms with Crippen LogP contribution >= 0.6 is 0 Å². The van der Waals surface area contributed by atoms with E-state index in [0.717, 1.165) is 42.6 Å². The molecular weight excluding hydrogens is 497 g/mol. The van der Waals surface area contributed by atoms with Crippen LogP contribution in [0.3, 0.4) is 0 Å². The molecule has 5 rings (SSSR count). The van der Waals surface area contributed by atoms with Gasteiger partial charge in [-0.05, 0) is 69.2 Å². The van der Waals surface area contributed by atoms with E-state index < -0.39 is 22.9 Å². The van der Waals surface area contributed by atoms with Gasteiger partial charge >= 0.3 is 5.97 Å². The van der Waals surface area contributed by atoms with Crippen molar-refractivity contribution in [2.45, 2.75) is 90.2 Å². The molecule has 39 heavy (non-hydrogen) atoms. The molecule has 2 aromatic heterocycles. The number of benzene rings is 1. The van der Waals surface area contributed by atoms with Gasteiger partial charge in [0, 0.05) is 38.1 Å². The molecule has 3 aromatic rings. The average Bonchev–Trinajstić information content (AvgIpc) is 3.56. The Morgan fingerprint density at radius 2 is 1.97 bits per heavy atom. The normalized spacial score (nSPS) is 20.5. The first-order chi connectivity index (χ1) is 18.5. The summed E-state index contributed by atoms with van der Waals surface area (Å²) in [5, 5.41) is 15.7. The van der Waals surface area contributed by atoms with Crippen LogP contribution in [-0.2, 0) is 27.9 Å². The number of aliphatic hydroxyl groups excluding tert-OH is 1. The third-order valence-electron chi connectivity index (χ3n) is 8.26. The van der Waals surface area contributed by atoms with Gasteiger partial charge in [0.1, 0.15) is 17.2 Å². The lowest BCUT2D eigenvalue weighted by Gasteiger charge is -2.41. The summed E-state index contributed by atoms with van der Waals surface area (Å²) in [5.41, 5.74) is 1.21. The van der Waals surface area contributed by atoms with Gasteiger partial charge in [-0.3, -0.25) is 0 Å². The summed E-state index contributed by atoms with van der Waals surface area (Å²) in [6.07, 6.45) is 5.16. The highest BCUT2D eigenvalue weighted by Gasteiger charge is 2.48. The Balaban J connectivity index is 1.39. The van der Waals surface area contributed by atoms with Crippen LogP contribution in [0.4, 0.5) is 4.39 Å². The highest BCUT2D eigenvalue weighted by Crippen LogP contribution is 2.46. The summed E-state index contributed by atoms with van der Waals surface area (Å²) in [6.45, 7) is 14.6. The minimum Gasteiger partial charge on any atom is -0.512 e. The Morgan fingerprint density at radius 1 is 1.23 bits per heavy atom. The number of nitrogens with zero attached hydrogens (tertiary/aromatic N) is 5. The highest BCUT2D eigenvalue weighted by molar-refractivity contribution is 5.90. The molecule has 1 unspecified atom stereocenters. The van der Waals surface area contributed by atoms with Crippen molar-refractivity contribution in [3.8, 4) is 0 Å². The monoisotopic (exact) mass is 531 g/mol. The minimum atomic E-state index is -0.942. The van der Waals surface area contributed by atoms with E-state index in [1.54, 1.807) is 24.4 Å². The van der Waals surface area contributed by atoms with E-state index in [1.165, 1.54) is 6.07 Å². The predicted octanol–water partition coefficient (Wildman–Crippen LogP) is 5.90. The zero-order valence-electron chi connectivity index (χ0n) is 22.9. The fraction of sp³-hybridized carbons (Fsp3) is 0.500. The van der Waals surface area contributed by atoms with E-state index in [2.05, 4.69) is 19.9 Å². The number of fused-ring (bicyclic) bond motifs is 1. The smallest absolute Gasteiger partial charge is 0.338 e. The molecule has 1 atom stereocenters. The van der Waals surface area contributed by atoms with Crippen molar-refractivity contribution in [1.29, 1.82) is 0 Å². The van der Waals surface area contributed by atoms with Crippen LogP contribution in [0, 0.1) is 32.2 Å². The Labute approximate surface area is 227 Å².